The second-order valence-electron chi connectivity index (χ2n) is 6.25. The van der Waals surface area contributed by atoms with Crippen molar-refractivity contribution < 1.29 is 4.39 Å². The van der Waals surface area contributed by atoms with E-state index in [4.69, 9.17) is 0 Å². The molecule has 0 unspecified atom stereocenters. The SMILES string of the molecule is Fc1ccc(-c2[nH]ncc2-c2ccnc(NN3CCCCC3)c2)cc1. The summed E-state index contributed by atoms with van der Waals surface area (Å²) in [4.78, 5) is 4.42. The van der Waals surface area contributed by atoms with Crippen molar-refractivity contribution in [1.82, 2.24) is 20.2 Å². The molecular weight excluding hydrogens is 317 g/mol. The third-order valence-corrected chi connectivity index (χ3v) is 4.47. The van der Waals surface area contributed by atoms with Gasteiger partial charge < -0.3 is 5.43 Å². The van der Waals surface area contributed by atoms with E-state index in [1.165, 1.54) is 31.4 Å². The summed E-state index contributed by atoms with van der Waals surface area (Å²) < 4.78 is 13.2. The fourth-order valence-corrected chi connectivity index (χ4v) is 3.17. The normalized spacial score (nSPS) is 15.2. The largest absolute Gasteiger partial charge is 0.303 e. The molecule has 0 radical (unpaired) electrons. The monoisotopic (exact) mass is 337 g/mol. The van der Waals surface area contributed by atoms with Crippen molar-refractivity contribution in [3.63, 3.8) is 0 Å². The van der Waals surface area contributed by atoms with Gasteiger partial charge in [0.1, 0.15) is 11.6 Å². The van der Waals surface area contributed by atoms with E-state index in [0.29, 0.717) is 0 Å². The van der Waals surface area contributed by atoms with E-state index in [2.05, 4.69) is 25.6 Å². The first-order valence-electron chi connectivity index (χ1n) is 8.57. The van der Waals surface area contributed by atoms with Crippen LogP contribution in [0.4, 0.5) is 10.2 Å². The van der Waals surface area contributed by atoms with Gasteiger partial charge in [-0.15, -0.1) is 0 Å². The first-order valence-corrected chi connectivity index (χ1v) is 8.57. The average molecular weight is 337 g/mol. The number of aromatic nitrogens is 3. The molecule has 5 nitrogen and oxygen atoms in total. The van der Waals surface area contributed by atoms with Gasteiger partial charge in [-0.25, -0.2) is 14.4 Å². The molecule has 4 rings (SSSR count). The number of pyridine rings is 1. The summed E-state index contributed by atoms with van der Waals surface area (Å²) in [6, 6.07) is 10.4. The molecule has 1 aliphatic rings. The number of nitrogens with zero attached hydrogens (tertiary/aromatic N) is 3. The average Bonchev–Trinajstić information content (AvgIpc) is 3.13. The molecule has 3 heterocycles. The number of halogens is 1. The first kappa shape index (κ1) is 15.8. The van der Waals surface area contributed by atoms with Crippen LogP contribution in [-0.2, 0) is 0 Å². The molecule has 0 aliphatic carbocycles. The zero-order chi connectivity index (χ0) is 17.1. The van der Waals surface area contributed by atoms with E-state index in [1.54, 1.807) is 24.5 Å². The number of rotatable bonds is 4. The Hall–Kier alpha value is -2.73. The molecule has 1 fully saturated rings. The van der Waals surface area contributed by atoms with Gasteiger partial charge in [0.2, 0.25) is 0 Å². The van der Waals surface area contributed by atoms with Crippen molar-refractivity contribution in [3.8, 4) is 22.4 Å². The summed E-state index contributed by atoms with van der Waals surface area (Å²) in [5, 5.41) is 9.40. The third-order valence-electron chi connectivity index (χ3n) is 4.47. The number of aromatic amines is 1. The number of hydrogen-bond donors (Lipinski definition) is 2. The second kappa shape index (κ2) is 7.03. The minimum absolute atomic E-state index is 0.248. The molecule has 0 atom stereocenters. The van der Waals surface area contributed by atoms with Gasteiger partial charge in [0.25, 0.3) is 0 Å². The van der Waals surface area contributed by atoms with E-state index in [1.807, 2.05) is 12.1 Å². The molecule has 2 aromatic heterocycles. The highest BCUT2D eigenvalue weighted by molar-refractivity contribution is 5.81. The van der Waals surface area contributed by atoms with Crippen molar-refractivity contribution >= 4 is 5.82 Å². The van der Waals surface area contributed by atoms with Crippen molar-refractivity contribution in [1.29, 1.82) is 0 Å². The Labute approximate surface area is 145 Å². The lowest BCUT2D eigenvalue weighted by atomic mass is 10.0. The quantitative estimate of drug-likeness (QED) is 0.753. The van der Waals surface area contributed by atoms with Gasteiger partial charge in [0.05, 0.1) is 11.9 Å². The third kappa shape index (κ3) is 3.53. The number of piperidine rings is 1. The number of benzene rings is 1. The predicted octanol–water partition coefficient (Wildman–Crippen LogP) is 4.09. The molecule has 0 spiro atoms. The van der Waals surface area contributed by atoms with Gasteiger partial charge in [-0.3, -0.25) is 5.10 Å². The molecular formula is C19H20FN5. The Morgan fingerprint density at radius 2 is 1.80 bits per heavy atom. The zero-order valence-corrected chi connectivity index (χ0v) is 13.9. The fourth-order valence-electron chi connectivity index (χ4n) is 3.17. The molecule has 1 aromatic carbocycles. The molecule has 0 amide bonds. The van der Waals surface area contributed by atoms with E-state index in [0.717, 1.165) is 41.3 Å². The Morgan fingerprint density at radius 1 is 1.00 bits per heavy atom. The summed E-state index contributed by atoms with van der Waals surface area (Å²) >= 11 is 0. The van der Waals surface area contributed by atoms with E-state index >= 15 is 0 Å². The smallest absolute Gasteiger partial charge is 0.140 e. The van der Waals surface area contributed by atoms with E-state index in [-0.39, 0.29) is 5.82 Å². The fraction of sp³-hybridized carbons (Fsp3) is 0.263. The Balaban J connectivity index is 1.61. The van der Waals surface area contributed by atoms with Crippen molar-refractivity contribution in [2.75, 3.05) is 18.5 Å². The molecule has 1 saturated heterocycles. The maximum atomic E-state index is 13.2. The van der Waals surface area contributed by atoms with Gasteiger partial charge in [0, 0.05) is 30.4 Å². The summed E-state index contributed by atoms with van der Waals surface area (Å²) in [5.41, 5.74) is 7.15. The number of hydrogen-bond acceptors (Lipinski definition) is 4. The summed E-state index contributed by atoms with van der Waals surface area (Å²) in [6.07, 6.45) is 7.30. The Bertz CT molecular complexity index is 837. The zero-order valence-electron chi connectivity index (χ0n) is 13.9. The molecule has 2 N–H and O–H groups in total. The Kier molecular flexibility index (Phi) is 4.43. The highest BCUT2D eigenvalue weighted by atomic mass is 19.1. The van der Waals surface area contributed by atoms with Crippen LogP contribution < -0.4 is 5.43 Å². The van der Waals surface area contributed by atoms with Crippen molar-refractivity contribution in [2.45, 2.75) is 19.3 Å². The molecule has 3 aromatic rings. The lowest BCUT2D eigenvalue weighted by molar-refractivity contribution is 0.272. The summed E-state index contributed by atoms with van der Waals surface area (Å²) in [6.45, 7) is 2.08. The minimum Gasteiger partial charge on any atom is -0.303 e. The lowest BCUT2D eigenvalue weighted by Crippen LogP contribution is -2.35. The first-order chi connectivity index (χ1) is 12.3. The van der Waals surface area contributed by atoms with Crippen LogP contribution in [0.15, 0.2) is 48.8 Å². The lowest BCUT2D eigenvalue weighted by Gasteiger charge is -2.27. The standard InChI is InChI=1S/C19H20FN5/c20-16-6-4-14(5-7-16)19-17(13-22-23-19)15-8-9-21-18(12-15)24-25-10-2-1-3-11-25/h4-9,12-13H,1-3,10-11H2,(H,21,24)(H,22,23). The summed E-state index contributed by atoms with van der Waals surface area (Å²) in [5.74, 6) is 0.576. The van der Waals surface area contributed by atoms with Gasteiger partial charge in [-0.1, -0.05) is 6.42 Å². The number of hydrazine groups is 1. The van der Waals surface area contributed by atoms with Gasteiger partial charge >= 0.3 is 0 Å². The highest BCUT2D eigenvalue weighted by Crippen LogP contribution is 2.31. The van der Waals surface area contributed by atoms with Crippen molar-refractivity contribution in [2.24, 2.45) is 0 Å². The van der Waals surface area contributed by atoms with Crippen LogP contribution in [0, 0.1) is 5.82 Å². The van der Waals surface area contributed by atoms with Crippen LogP contribution in [-0.4, -0.2) is 33.3 Å². The Morgan fingerprint density at radius 3 is 2.60 bits per heavy atom. The van der Waals surface area contributed by atoms with Crippen LogP contribution in [0.2, 0.25) is 0 Å². The maximum absolute atomic E-state index is 13.2. The van der Waals surface area contributed by atoms with Gasteiger partial charge in [-0.05, 0) is 54.8 Å². The second-order valence-corrected chi connectivity index (χ2v) is 6.25. The van der Waals surface area contributed by atoms with E-state index in [9.17, 15) is 4.39 Å². The number of anilines is 1. The van der Waals surface area contributed by atoms with Crippen LogP contribution in [0.3, 0.4) is 0 Å². The van der Waals surface area contributed by atoms with Crippen LogP contribution in [0.1, 0.15) is 19.3 Å². The minimum atomic E-state index is -0.248. The predicted molar refractivity (Wildman–Crippen MR) is 96.3 cm³/mol. The highest BCUT2D eigenvalue weighted by Gasteiger charge is 2.13. The number of H-pyrrole nitrogens is 1. The molecule has 128 valence electrons. The van der Waals surface area contributed by atoms with Crippen molar-refractivity contribution in [3.05, 3.63) is 54.6 Å². The molecule has 1 aliphatic heterocycles. The van der Waals surface area contributed by atoms with Gasteiger partial charge in [0.15, 0.2) is 0 Å². The topological polar surface area (TPSA) is 56.8 Å². The number of nitrogens with one attached hydrogen (secondary N) is 2. The van der Waals surface area contributed by atoms with Gasteiger partial charge in [-0.2, -0.15) is 5.10 Å². The molecule has 6 heteroatoms. The van der Waals surface area contributed by atoms with Crippen LogP contribution in [0.5, 0.6) is 0 Å². The molecule has 0 saturated carbocycles. The summed E-state index contributed by atoms with van der Waals surface area (Å²) in [7, 11) is 0. The maximum Gasteiger partial charge on any atom is 0.140 e. The molecule has 0 bridgehead atoms. The molecule has 25 heavy (non-hydrogen) atoms. The van der Waals surface area contributed by atoms with Crippen LogP contribution >= 0.6 is 0 Å². The van der Waals surface area contributed by atoms with Crippen LogP contribution in [0.25, 0.3) is 22.4 Å². The van der Waals surface area contributed by atoms with E-state index < -0.39 is 0 Å².